The molecule has 4 atom stereocenters. The molecule has 132 valence electrons. The number of hydrogen-bond acceptors (Lipinski definition) is 4. The highest BCUT2D eigenvalue weighted by atomic mass is 35.5. The van der Waals surface area contributed by atoms with E-state index in [1.165, 1.54) is 17.0 Å². The smallest absolute Gasteiger partial charge is 0.312 e. The van der Waals surface area contributed by atoms with E-state index in [1.807, 2.05) is 19.1 Å². The molecule has 4 rings (SSSR count). The molecule has 0 aromatic heterocycles. The number of nitrogens with zero attached hydrogens (tertiary/aromatic N) is 1. The van der Waals surface area contributed by atoms with Crippen LogP contribution in [0.25, 0.3) is 0 Å². The number of anilines is 1. The molecule has 3 heterocycles. The van der Waals surface area contributed by atoms with Gasteiger partial charge in [-0.25, -0.2) is 4.39 Å². The second-order valence-corrected chi connectivity index (χ2v) is 7.00. The van der Waals surface area contributed by atoms with Gasteiger partial charge >= 0.3 is 5.97 Å². The molecule has 2 fully saturated rings. The molecule has 2 saturated heterocycles. The predicted octanol–water partition coefficient (Wildman–Crippen LogP) is 2.72. The predicted molar refractivity (Wildman–Crippen MR) is 88.7 cm³/mol. The summed E-state index contributed by atoms with van der Waals surface area (Å²) in [6.07, 6.45) is 3.92. The van der Waals surface area contributed by atoms with Crippen molar-refractivity contribution in [1.82, 2.24) is 0 Å². The van der Waals surface area contributed by atoms with Gasteiger partial charge in [0.15, 0.2) is 0 Å². The third-order valence-corrected chi connectivity index (χ3v) is 5.34. The van der Waals surface area contributed by atoms with Gasteiger partial charge in [0, 0.05) is 5.69 Å². The van der Waals surface area contributed by atoms with Crippen LogP contribution in [0.1, 0.15) is 13.3 Å². The highest BCUT2D eigenvalue weighted by Crippen LogP contribution is 2.53. The maximum atomic E-state index is 13.8. The first-order chi connectivity index (χ1) is 12.0. The SMILES string of the molecule is CCCOC(=O)[C@H]1[C@H]2C(=O)N(c3ccc(Cl)c(F)c3)C[C@@]23C=C[C@H]1O3. The summed E-state index contributed by atoms with van der Waals surface area (Å²) >= 11 is 5.72. The summed E-state index contributed by atoms with van der Waals surface area (Å²) < 4.78 is 25.0. The Bertz CT molecular complexity index is 782. The molecule has 1 aromatic rings. The molecule has 7 heteroatoms. The lowest BCUT2D eigenvalue weighted by Crippen LogP contribution is -2.40. The number of amides is 1. The Labute approximate surface area is 149 Å². The molecule has 25 heavy (non-hydrogen) atoms. The topological polar surface area (TPSA) is 55.8 Å². The summed E-state index contributed by atoms with van der Waals surface area (Å²) in [7, 11) is 0. The highest BCUT2D eigenvalue weighted by molar-refractivity contribution is 6.30. The number of halogens is 2. The van der Waals surface area contributed by atoms with Gasteiger partial charge in [0.2, 0.25) is 5.91 Å². The van der Waals surface area contributed by atoms with Gasteiger partial charge in [-0.05, 0) is 24.6 Å². The summed E-state index contributed by atoms with van der Waals surface area (Å²) in [5, 5.41) is -0.00755. The molecular weight excluding hydrogens is 349 g/mol. The van der Waals surface area contributed by atoms with Crippen LogP contribution in [0.3, 0.4) is 0 Å². The Morgan fingerprint density at radius 2 is 2.32 bits per heavy atom. The third-order valence-electron chi connectivity index (χ3n) is 5.04. The normalized spacial score (nSPS) is 32.4. The molecule has 0 radical (unpaired) electrons. The van der Waals surface area contributed by atoms with Crippen LogP contribution in [0.4, 0.5) is 10.1 Å². The van der Waals surface area contributed by atoms with Crippen molar-refractivity contribution in [3.63, 3.8) is 0 Å². The number of carbonyl (C=O) groups excluding carboxylic acids is 2. The lowest BCUT2D eigenvalue weighted by Gasteiger charge is -2.22. The lowest BCUT2D eigenvalue weighted by atomic mass is 9.77. The Balaban J connectivity index is 1.65. The quantitative estimate of drug-likeness (QED) is 0.608. The molecule has 1 amide bonds. The fourth-order valence-electron chi connectivity index (χ4n) is 3.94. The molecule has 0 saturated carbocycles. The second kappa shape index (κ2) is 5.81. The minimum absolute atomic E-state index is 0.00755. The number of rotatable bonds is 4. The molecule has 5 nitrogen and oxygen atoms in total. The Morgan fingerprint density at radius 3 is 3.04 bits per heavy atom. The molecule has 2 bridgehead atoms. The van der Waals surface area contributed by atoms with E-state index >= 15 is 0 Å². The zero-order chi connectivity index (χ0) is 17.8. The fraction of sp³-hybridized carbons (Fsp3) is 0.444. The molecule has 1 spiro atoms. The van der Waals surface area contributed by atoms with E-state index in [0.717, 1.165) is 0 Å². The fourth-order valence-corrected chi connectivity index (χ4v) is 4.06. The lowest BCUT2D eigenvalue weighted by molar-refractivity contribution is -0.152. The number of ether oxygens (including phenoxy) is 2. The van der Waals surface area contributed by atoms with Crippen LogP contribution >= 0.6 is 11.6 Å². The summed E-state index contributed by atoms with van der Waals surface area (Å²) in [6, 6.07) is 4.21. The van der Waals surface area contributed by atoms with E-state index < -0.39 is 35.3 Å². The standard InChI is InChI=1S/C18H17ClFNO4/c1-2-7-24-17(23)14-13-5-6-18(25-13)9-21(16(22)15(14)18)10-3-4-11(19)12(20)8-10/h3-6,8,13-15H,2,7,9H2,1H3/t13-,14-,15+,18+/m1/s1. The van der Waals surface area contributed by atoms with E-state index in [-0.39, 0.29) is 17.5 Å². The Kier molecular flexibility index (Phi) is 3.85. The second-order valence-electron chi connectivity index (χ2n) is 6.59. The summed E-state index contributed by atoms with van der Waals surface area (Å²) in [5.74, 6) is -2.58. The van der Waals surface area contributed by atoms with Crippen LogP contribution in [0.15, 0.2) is 30.4 Å². The maximum absolute atomic E-state index is 13.8. The van der Waals surface area contributed by atoms with Gasteiger partial charge in [0.1, 0.15) is 17.3 Å². The van der Waals surface area contributed by atoms with Gasteiger partial charge in [-0.2, -0.15) is 0 Å². The summed E-state index contributed by atoms with van der Waals surface area (Å²) in [4.78, 5) is 26.9. The van der Waals surface area contributed by atoms with Crippen molar-refractivity contribution < 1.29 is 23.5 Å². The van der Waals surface area contributed by atoms with E-state index in [0.29, 0.717) is 18.7 Å². The van der Waals surface area contributed by atoms with E-state index in [9.17, 15) is 14.0 Å². The molecule has 3 aliphatic heterocycles. The number of benzene rings is 1. The van der Waals surface area contributed by atoms with Crippen LogP contribution in [-0.4, -0.2) is 36.7 Å². The van der Waals surface area contributed by atoms with Crippen molar-refractivity contribution in [3.8, 4) is 0 Å². The number of esters is 1. The summed E-state index contributed by atoms with van der Waals surface area (Å²) in [5.41, 5.74) is -0.454. The Hall–Kier alpha value is -1.92. The molecule has 0 N–H and O–H groups in total. The zero-order valence-corrected chi connectivity index (χ0v) is 14.3. The number of carbonyl (C=O) groups is 2. The highest BCUT2D eigenvalue weighted by Gasteiger charge is 2.67. The molecule has 0 unspecified atom stereocenters. The summed E-state index contributed by atoms with van der Waals surface area (Å²) in [6.45, 7) is 2.46. The third kappa shape index (κ3) is 2.39. The number of hydrogen-bond donors (Lipinski definition) is 0. The van der Waals surface area contributed by atoms with E-state index in [2.05, 4.69) is 0 Å². The van der Waals surface area contributed by atoms with Crippen molar-refractivity contribution in [2.24, 2.45) is 11.8 Å². The van der Waals surface area contributed by atoms with E-state index in [1.54, 1.807) is 6.07 Å². The van der Waals surface area contributed by atoms with Gasteiger partial charge in [0.25, 0.3) is 0 Å². The first-order valence-corrected chi connectivity index (χ1v) is 8.65. The van der Waals surface area contributed by atoms with E-state index in [4.69, 9.17) is 21.1 Å². The minimum atomic E-state index is -0.853. The van der Waals surface area contributed by atoms with Crippen LogP contribution in [0.2, 0.25) is 5.02 Å². The zero-order valence-electron chi connectivity index (χ0n) is 13.6. The first kappa shape index (κ1) is 16.5. The van der Waals surface area contributed by atoms with Crippen LogP contribution in [-0.2, 0) is 19.1 Å². The Morgan fingerprint density at radius 1 is 1.52 bits per heavy atom. The van der Waals surface area contributed by atoms with Crippen molar-refractivity contribution in [2.45, 2.75) is 25.0 Å². The van der Waals surface area contributed by atoms with Crippen LogP contribution in [0, 0.1) is 17.7 Å². The molecule has 3 aliphatic rings. The van der Waals surface area contributed by atoms with Crippen molar-refractivity contribution in [3.05, 3.63) is 41.2 Å². The van der Waals surface area contributed by atoms with Crippen molar-refractivity contribution in [1.29, 1.82) is 0 Å². The largest absolute Gasteiger partial charge is 0.465 e. The van der Waals surface area contributed by atoms with Gasteiger partial charge < -0.3 is 14.4 Å². The van der Waals surface area contributed by atoms with Crippen LogP contribution in [0.5, 0.6) is 0 Å². The minimum Gasteiger partial charge on any atom is -0.465 e. The number of fused-ring (bicyclic) bond motifs is 1. The van der Waals surface area contributed by atoms with Crippen LogP contribution < -0.4 is 4.90 Å². The monoisotopic (exact) mass is 365 g/mol. The maximum Gasteiger partial charge on any atom is 0.312 e. The average Bonchev–Trinajstić information content (AvgIpc) is 3.23. The average molecular weight is 366 g/mol. The van der Waals surface area contributed by atoms with Gasteiger partial charge in [-0.15, -0.1) is 0 Å². The van der Waals surface area contributed by atoms with Gasteiger partial charge in [0.05, 0.1) is 30.2 Å². The van der Waals surface area contributed by atoms with Gasteiger partial charge in [-0.3, -0.25) is 9.59 Å². The van der Waals surface area contributed by atoms with Crippen molar-refractivity contribution >= 4 is 29.2 Å². The molecule has 0 aliphatic carbocycles. The van der Waals surface area contributed by atoms with Crippen molar-refractivity contribution in [2.75, 3.05) is 18.1 Å². The van der Waals surface area contributed by atoms with Gasteiger partial charge in [-0.1, -0.05) is 30.7 Å². The first-order valence-electron chi connectivity index (χ1n) is 8.27. The molecular formula is C18H17ClFNO4. The molecule has 1 aromatic carbocycles.